The molecule has 0 aliphatic carbocycles. The fraction of sp³-hybridized carbons (Fsp3) is 0.0476. The van der Waals surface area contributed by atoms with E-state index in [4.69, 9.17) is 13.3 Å². The van der Waals surface area contributed by atoms with Crippen LogP contribution in [0.5, 0.6) is 0 Å². The van der Waals surface area contributed by atoms with Crippen LogP contribution in [0.4, 0.5) is 11.6 Å². The average Bonchev–Trinajstić information content (AvgIpc) is 3.46. The number of benzene rings is 1. The Balaban J connectivity index is 1.82. The van der Waals surface area contributed by atoms with Gasteiger partial charge in [-0.2, -0.15) is 5.26 Å². The minimum Gasteiger partial charge on any atom is -0.464 e. The van der Waals surface area contributed by atoms with Crippen LogP contribution in [0.1, 0.15) is 16.7 Å². The quantitative estimate of drug-likeness (QED) is 0.248. The number of nitriles is 1. The van der Waals surface area contributed by atoms with Gasteiger partial charge in [-0.1, -0.05) is 12.1 Å². The monoisotopic (exact) mass is 387 g/mol. The molecule has 0 amide bonds. The average molecular weight is 387 g/mol. The van der Waals surface area contributed by atoms with Gasteiger partial charge in [0, 0.05) is 17.8 Å². The van der Waals surface area contributed by atoms with Gasteiger partial charge in [-0.05, 0) is 36.8 Å². The number of hydrogen-bond acceptors (Lipinski definition) is 7. The predicted molar refractivity (Wildman–Crippen MR) is 104 cm³/mol. The Hall–Kier alpha value is -4.38. The van der Waals surface area contributed by atoms with E-state index in [1.807, 2.05) is 0 Å². The van der Waals surface area contributed by atoms with Crippen molar-refractivity contribution in [3.63, 3.8) is 0 Å². The molecule has 0 saturated heterocycles. The first-order valence-corrected chi connectivity index (χ1v) is 8.52. The number of nitro groups is 1. The summed E-state index contributed by atoms with van der Waals surface area (Å²) in [6, 6.07) is 13.6. The number of furan rings is 3. The summed E-state index contributed by atoms with van der Waals surface area (Å²) >= 11 is 0. The second-order valence-corrected chi connectivity index (χ2v) is 6.11. The van der Waals surface area contributed by atoms with Crippen LogP contribution in [0.3, 0.4) is 0 Å². The largest absolute Gasteiger partial charge is 0.464 e. The molecule has 0 aliphatic heterocycles. The number of nitro benzene ring substituents is 1. The second-order valence-electron chi connectivity index (χ2n) is 6.11. The van der Waals surface area contributed by atoms with Gasteiger partial charge >= 0.3 is 0 Å². The van der Waals surface area contributed by atoms with Crippen LogP contribution < -0.4 is 0 Å². The van der Waals surface area contributed by atoms with Crippen molar-refractivity contribution < 1.29 is 18.2 Å². The lowest BCUT2D eigenvalue weighted by Crippen LogP contribution is -1.93. The second kappa shape index (κ2) is 7.32. The first kappa shape index (κ1) is 18.0. The highest BCUT2D eigenvalue weighted by molar-refractivity contribution is 5.88. The lowest BCUT2D eigenvalue weighted by molar-refractivity contribution is -0.385. The van der Waals surface area contributed by atoms with Crippen LogP contribution in [0.15, 0.2) is 73.2 Å². The summed E-state index contributed by atoms with van der Waals surface area (Å²) in [7, 11) is 0. The molecular formula is C21H13N3O5. The third-order valence-corrected chi connectivity index (χ3v) is 4.27. The first-order chi connectivity index (χ1) is 14.1. The van der Waals surface area contributed by atoms with Crippen molar-refractivity contribution in [1.82, 2.24) is 0 Å². The van der Waals surface area contributed by atoms with Crippen molar-refractivity contribution in [2.75, 3.05) is 0 Å². The zero-order chi connectivity index (χ0) is 20.4. The molecule has 0 radical (unpaired) electrons. The Morgan fingerprint density at radius 1 is 1.14 bits per heavy atom. The predicted octanol–water partition coefficient (Wildman–Crippen LogP) is 5.64. The van der Waals surface area contributed by atoms with Crippen molar-refractivity contribution in [1.29, 1.82) is 5.26 Å². The highest BCUT2D eigenvalue weighted by atomic mass is 16.6. The van der Waals surface area contributed by atoms with E-state index in [0.717, 1.165) is 0 Å². The van der Waals surface area contributed by atoms with Gasteiger partial charge in [0.2, 0.25) is 5.88 Å². The molecule has 0 spiro atoms. The minimum atomic E-state index is -0.454. The van der Waals surface area contributed by atoms with Crippen LogP contribution >= 0.6 is 0 Å². The molecule has 142 valence electrons. The molecule has 4 rings (SSSR count). The molecule has 29 heavy (non-hydrogen) atoms. The molecule has 0 unspecified atom stereocenters. The molecule has 3 heterocycles. The molecule has 0 aliphatic rings. The zero-order valence-electron chi connectivity index (χ0n) is 15.2. The summed E-state index contributed by atoms with van der Waals surface area (Å²) in [6.45, 7) is 1.66. The fourth-order valence-electron chi connectivity index (χ4n) is 2.89. The lowest BCUT2D eigenvalue weighted by atomic mass is 10.1. The minimum absolute atomic E-state index is 0.0125. The molecule has 3 aromatic heterocycles. The summed E-state index contributed by atoms with van der Waals surface area (Å²) in [5.41, 5.74) is 1.63. The molecule has 0 saturated carbocycles. The zero-order valence-corrected chi connectivity index (χ0v) is 15.2. The Morgan fingerprint density at radius 2 is 1.86 bits per heavy atom. The van der Waals surface area contributed by atoms with Crippen LogP contribution in [-0.2, 0) is 0 Å². The van der Waals surface area contributed by atoms with Crippen molar-refractivity contribution in [3.8, 4) is 28.9 Å². The maximum atomic E-state index is 11.1. The molecule has 0 bridgehead atoms. The highest BCUT2D eigenvalue weighted by Crippen LogP contribution is 2.42. The van der Waals surface area contributed by atoms with Crippen LogP contribution in [0.25, 0.3) is 22.8 Å². The summed E-state index contributed by atoms with van der Waals surface area (Å²) in [5, 5.41) is 20.9. The van der Waals surface area contributed by atoms with E-state index >= 15 is 0 Å². The first-order valence-electron chi connectivity index (χ1n) is 8.52. The standard InChI is InChI=1S/C21H13N3O5/c1-13-6-7-14(10-16(13)24(25)26)12-23-21-15(11-22)19(17-4-2-8-27-17)20(29-21)18-5-3-9-28-18/h2-10,12H,1H3. The number of aliphatic imine (C=N–C) groups is 1. The number of aryl methyl sites for hydroxylation is 1. The smallest absolute Gasteiger partial charge is 0.272 e. The van der Waals surface area contributed by atoms with Crippen LogP contribution in [-0.4, -0.2) is 11.1 Å². The van der Waals surface area contributed by atoms with Gasteiger partial charge in [0.15, 0.2) is 11.5 Å². The van der Waals surface area contributed by atoms with Crippen LogP contribution in [0, 0.1) is 28.4 Å². The molecule has 0 N–H and O–H groups in total. The molecule has 0 fully saturated rings. The Labute approximate surface area is 164 Å². The van der Waals surface area contributed by atoms with Gasteiger partial charge in [-0.25, -0.2) is 4.99 Å². The Bertz CT molecular complexity index is 1240. The van der Waals surface area contributed by atoms with E-state index in [2.05, 4.69) is 11.1 Å². The Kier molecular flexibility index (Phi) is 4.55. The van der Waals surface area contributed by atoms with E-state index in [1.165, 1.54) is 24.8 Å². The van der Waals surface area contributed by atoms with E-state index < -0.39 is 4.92 Å². The lowest BCUT2D eigenvalue weighted by Gasteiger charge is -1.98. The summed E-state index contributed by atoms with van der Waals surface area (Å²) in [4.78, 5) is 14.9. The van der Waals surface area contributed by atoms with Crippen molar-refractivity contribution in [3.05, 3.63) is 81.8 Å². The fourth-order valence-corrected chi connectivity index (χ4v) is 2.89. The molecule has 8 nitrogen and oxygen atoms in total. The summed E-state index contributed by atoms with van der Waals surface area (Å²) < 4.78 is 16.7. The number of nitrogens with zero attached hydrogens (tertiary/aromatic N) is 3. The number of rotatable bonds is 5. The van der Waals surface area contributed by atoms with Gasteiger partial charge < -0.3 is 13.3 Å². The normalized spacial score (nSPS) is 11.0. The molecule has 0 atom stereocenters. The molecule has 8 heteroatoms. The molecule has 4 aromatic rings. The Morgan fingerprint density at radius 3 is 2.48 bits per heavy atom. The van der Waals surface area contributed by atoms with E-state index in [1.54, 1.807) is 43.3 Å². The van der Waals surface area contributed by atoms with Crippen molar-refractivity contribution >= 4 is 17.8 Å². The van der Waals surface area contributed by atoms with Gasteiger partial charge in [-0.15, -0.1) is 0 Å². The highest BCUT2D eigenvalue weighted by Gasteiger charge is 2.26. The summed E-state index contributed by atoms with van der Waals surface area (Å²) in [6.07, 6.45) is 4.39. The van der Waals surface area contributed by atoms with Gasteiger partial charge in [-0.3, -0.25) is 10.1 Å². The third kappa shape index (κ3) is 3.33. The van der Waals surface area contributed by atoms with E-state index in [9.17, 15) is 15.4 Å². The van der Waals surface area contributed by atoms with E-state index in [-0.39, 0.29) is 17.1 Å². The summed E-state index contributed by atoms with van der Waals surface area (Å²) in [5.74, 6) is 1.21. The van der Waals surface area contributed by atoms with Gasteiger partial charge in [0.1, 0.15) is 17.4 Å². The molecule has 1 aromatic carbocycles. The van der Waals surface area contributed by atoms with E-state index in [0.29, 0.717) is 34.0 Å². The maximum Gasteiger partial charge on any atom is 0.272 e. The topological polar surface area (TPSA) is 119 Å². The SMILES string of the molecule is Cc1ccc(C=Nc2oc(-c3ccco3)c(-c3ccco3)c2C#N)cc1[N+](=O)[O-]. The maximum absolute atomic E-state index is 11.1. The van der Waals surface area contributed by atoms with Crippen LogP contribution in [0.2, 0.25) is 0 Å². The number of hydrogen-bond donors (Lipinski definition) is 0. The third-order valence-electron chi connectivity index (χ3n) is 4.27. The van der Waals surface area contributed by atoms with Crippen molar-refractivity contribution in [2.24, 2.45) is 4.99 Å². The van der Waals surface area contributed by atoms with Crippen molar-refractivity contribution in [2.45, 2.75) is 6.92 Å². The van der Waals surface area contributed by atoms with Gasteiger partial charge in [0.05, 0.1) is 23.0 Å². The van der Waals surface area contributed by atoms with Gasteiger partial charge in [0.25, 0.3) is 5.69 Å². The molecular weight excluding hydrogens is 374 g/mol.